The van der Waals surface area contributed by atoms with E-state index in [0.717, 1.165) is 18.0 Å². The molecule has 2 rings (SSSR count). The van der Waals surface area contributed by atoms with Crippen LogP contribution in [0.15, 0.2) is 4.34 Å². The number of thioether (sulfide) groups is 1. The zero-order valence-corrected chi connectivity index (χ0v) is 18.1. The monoisotopic (exact) mass is 425 g/mol. The molecule has 1 aromatic heterocycles. The van der Waals surface area contributed by atoms with Crippen LogP contribution in [0.25, 0.3) is 0 Å². The van der Waals surface area contributed by atoms with Crippen LogP contribution in [0, 0.1) is 17.2 Å². The van der Waals surface area contributed by atoms with Gasteiger partial charge in [-0.15, -0.1) is 10.2 Å². The summed E-state index contributed by atoms with van der Waals surface area (Å²) in [4.78, 5) is 23.8. The van der Waals surface area contributed by atoms with Crippen molar-refractivity contribution in [2.75, 3.05) is 17.7 Å². The molecule has 0 saturated heterocycles. The fourth-order valence-corrected chi connectivity index (χ4v) is 4.31. The molecule has 1 aliphatic rings. The summed E-state index contributed by atoms with van der Waals surface area (Å²) in [7, 11) is 0. The predicted octanol–water partition coefficient (Wildman–Crippen LogP) is 2.97. The van der Waals surface area contributed by atoms with E-state index in [4.69, 9.17) is 4.74 Å². The number of nitrogens with one attached hydrogen (secondary N) is 2. The van der Waals surface area contributed by atoms with Crippen LogP contribution < -0.4 is 10.6 Å². The van der Waals surface area contributed by atoms with E-state index >= 15 is 0 Å². The lowest BCUT2D eigenvalue weighted by molar-refractivity contribution is -0.146. The van der Waals surface area contributed by atoms with Gasteiger partial charge in [-0.3, -0.25) is 9.59 Å². The maximum atomic E-state index is 11.9. The van der Waals surface area contributed by atoms with Crippen LogP contribution in [0.3, 0.4) is 0 Å². The van der Waals surface area contributed by atoms with Crippen LogP contribution in [-0.4, -0.2) is 46.0 Å². The van der Waals surface area contributed by atoms with Crippen LogP contribution in [0.5, 0.6) is 0 Å². The highest BCUT2D eigenvalue weighted by molar-refractivity contribution is 8.01. The van der Waals surface area contributed by atoms with Gasteiger partial charge >= 0.3 is 5.97 Å². The van der Waals surface area contributed by atoms with E-state index in [1.54, 1.807) is 6.92 Å². The summed E-state index contributed by atoms with van der Waals surface area (Å²) in [6.07, 6.45) is 6.07. The van der Waals surface area contributed by atoms with Gasteiger partial charge in [-0.05, 0) is 25.7 Å². The Hall–Kier alpha value is -1.86. The molecule has 1 fully saturated rings. The molecule has 8 nitrogen and oxygen atoms in total. The SMILES string of the molecule is CC(C)[C@@](C)(C#N)NC(=O)COC(=O)CSc1nnc(NC2CCCCC2)s1. The van der Waals surface area contributed by atoms with Gasteiger partial charge in [-0.1, -0.05) is 56.2 Å². The van der Waals surface area contributed by atoms with Gasteiger partial charge < -0.3 is 15.4 Å². The third-order valence-electron chi connectivity index (χ3n) is 4.80. The lowest BCUT2D eigenvalue weighted by Crippen LogP contribution is -2.50. The molecule has 0 bridgehead atoms. The molecule has 0 radical (unpaired) electrons. The Bertz CT molecular complexity index is 712. The van der Waals surface area contributed by atoms with Crippen molar-refractivity contribution in [3.63, 3.8) is 0 Å². The van der Waals surface area contributed by atoms with E-state index in [0.29, 0.717) is 10.4 Å². The first-order valence-electron chi connectivity index (χ1n) is 9.43. The van der Waals surface area contributed by atoms with Gasteiger partial charge in [0.15, 0.2) is 10.9 Å². The highest BCUT2D eigenvalue weighted by atomic mass is 32.2. The number of esters is 1. The van der Waals surface area contributed by atoms with Crippen molar-refractivity contribution in [3.8, 4) is 6.07 Å². The molecule has 1 aromatic rings. The molecule has 0 spiro atoms. The number of nitriles is 1. The van der Waals surface area contributed by atoms with Crippen LogP contribution in [0.2, 0.25) is 0 Å². The molecule has 0 unspecified atom stereocenters. The number of rotatable bonds is 9. The van der Waals surface area contributed by atoms with Crippen LogP contribution in [-0.2, 0) is 14.3 Å². The first kappa shape index (κ1) is 22.4. The Morgan fingerprint density at radius 2 is 2.07 bits per heavy atom. The second-order valence-electron chi connectivity index (χ2n) is 7.32. The van der Waals surface area contributed by atoms with Gasteiger partial charge in [0.25, 0.3) is 5.91 Å². The topological polar surface area (TPSA) is 117 Å². The lowest BCUT2D eigenvalue weighted by atomic mass is 9.90. The molecule has 28 heavy (non-hydrogen) atoms. The van der Waals surface area contributed by atoms with Crippen molar-refractivity contribution in [2.45, 2.75) is 68.8 Å². The number of hydrogen-bond donors (Lipinski definition) is 2. The number of amides is 1. The Morgan fingerprint density at radius 1 is 1.36 bits per heavy atom. The van der Waals surface area contributed by atoms with Crippen molar-refractivity contribution in [3.05, 3.63) is 0 Å². The normalized spacial score (nSPS) is 16.8. The molecule has 1 amide bonds. The summed E-state index contributed by atoms with van der Waals surface area (Å²) >= 11 is 2.65. The fraction of sp³-hybridized carbons (Fsp3) is 0.722. The number of hydrogen-bond acceptors (Lipinski definition) is 9. The van der Waals surface area contributed by atoms with Crippen molar-refractivity contribution in [1.29, 1.82) is 5.26 Å². The third kappa shape index (κ3) is 6.95. The Morgan fingerprint density at radius 3 is 2.71 bits per heavy atom. The second kappa shape index (κ2) is 10.6. The highest BCUT2D eigenvalue weighted by Gasteiger charge is 2.30. The molecule has 0 aromatic carbocycles. The maximum absolute atomic E-state index is 11.9. The third-order valence-corrected chi connectivity index (χ3v) is 6.76. The number of carbonyl (C=O) groups excluding carboxylic acids is 2. The number of aromatic nitrogens is 2. The summed E-state index contributed by atoms with van der Waals surface area (Å²) in [5.74, 6) is -1.03. The molecular weight excluding hydrogens is 398 g/mol. The quantitative estimate of drug-likeness (QED) is 0.458. The van der Waals surface area contributed by atoms with Crippen LogP contribution in [0.1, 0.15) is 52.9 Å². The first-order valence-corrected chi connectivity index (χ1v) is 11.2. The summed E-state index contributed by atoms with van der Waals surface area (Å²) in [5, 5.41) is 24.2. The molecule has 2 N–H and O–H groups in total. The minimum atomic E-state index is -0.994. The zero-order valence-electron chi connectivity index (χ0n) is 16.5. The minimum absolute atomic E-state index is 0.0467. The zero-order chi connectivity index (χ0) is 20.6. The van der Waals surface area contributed by atoms with Crippen molar-refractivity contribution in [1.82, 2.24) is 15.5 Å². The van der Waals surface area contributed by atoms with E-state index in [1.165, 1.54) is 42.4 Å². The van der Waals surface area contributed by atoms with Gasteiger partial charge in [-0.2, -0.15) is 5.26 Å². The van der Waals surface area contributed by atoms with E-state index in [9.17, 15) is 14.9 Å². The Labute approximate surface area is 173 Å². The van der Waals surface area contributed by atoms with Crippen molar-refractivity contribution < 1.29 is 14.3 Å². The average molecular weight is 426 g/mol. The molecule has 154 valence electrons. The summed E-state index contributed by atoms with van der Waals surface area (Å²) in [6.45, 7) is 4.91. The first-order chi connectivity index (χ1) is 13.3. The van der Waals surface area contributed by atoms with E-state index in [2.05, 4.69) is 26.9 Å². The van der Waals surface area contributed by atoms with Gasteiger partial charge in [-0.25, -0.2) is 0 Å². The maximum Gasteiger partial charge on any atom is 0.316 e. The number of anilines is 1. The smallest absolute Gasteiger partial charge is 0.316 e. The lowest BCUT2D eigenvalue weighted by Gasteiger charge is -2.27. The van der Waals surface area contributed by atoms with Crippen LogP contribution >= 0.6 is 23.1 Å². The standard InChI is InChI=1S/C18H27N5O3S2/c1-12(2)18(3,11-19)21-14(24)9-26-15(25)10-27-17-23-22-16(28-17)20-13-7-5-4-6-8-13/h12-13H,4-10H2,1-3H3,(H,20,22)(H,21,24)/t18-/m1/s1. The van der Waals surface area contributed by atoms with Crippen molar-refractivity contribution >= 4 is 40.1 Å². The Balaban J connectivity index is 1.69. The number of ether oxygens (including phenoxy) is 1. The average Bonchev–Trinajstić information content (AvgIpc) is 3.12. The molecule has 1 saturated carbocycles. The molecular formula is C18H27N5O3S2. The number of nitrogens with zero attached hydrogens (tertiary/aromatic N) is 3. The molecule has 0 aliphatic heterocycles. The van der Waals surface area contributed by atoms with Crippen molar-refractivity contribution in [2.24, 2.45) is 5.92 Å². The summed E-state index contributed by atoms with van der Waals surface area (Å²) in [6, 6.07) is 2.53. The van der Waals surface area contributed by atoms with Crippen LogP contribution in [0.4, 0.5) is 5.13 Å². The predicted molar refractivity (Wildman–Crippen MR) is 109 cm³/mol. The highest BCUT2D eigenvalue weighted by Crippen LogP contribution is 2.28. The van der Waals surface area contributed by atoms with E-state index < -0.39 is 24.0 Å². The summed E-state index contributed by atoms with van der Waals surface area (Å²) in [5.41, 5.74) is -0.994. The second-order valence-corrected chi connectivity index (χ2v) is 9.52. The molecule has 1 atom stereocenters. The molecule has 1 heterocycles. The van der Waals surface area contributed by atoms with Gasteiger partial charge in [0.2, 0.25) is 5.13 Å². The summed E-state index contributed by atoms with van der Waals surface area (Å²) < 4.78 is 5.66. The number of carbonyl (C=O) groups is 2. The molecule has 1 aliphatic carbocycles. The Kier molecular flexibility index (Phi) is 8.51. The fourth-order valence-electron chi connectivity index (χ4n) is 2.68. The minimum Gasteiger partial charge on any atom is -0.455 e. The van der Waals surface area contributed by atoms with Gasteiger partial charge in [0, 0.05) is 6.04 Å². The molecule has 10 heteroatoms. The largest absolute Gasteiger partial charge is 0.455 e. The van der Waals surface area contributed by atoms with Gasteiger partial charge in [0.1, 0.15) is 5.54 Å². The van der Waals surface area contributed by atoms with E-state index in [-0.39, 0.29) is 11.7 Å². The van der Waals surface area contributed by atoms with Gasteiger partial charge in [0.05, 0.1) is 11.8 Å². The van der Waals surface area contributed by atoms with E-state index in [1.807, 2.05) is 13.8 Å².